The van der Waals surface area contributed by atoms with Gasteiger partial charge in [0.1, 0.15) is 18.4 Å². The largest absolute Gasteiger partial charge is 0.492 e. The Morgan fingerprint density at radius 1 is 0.950 bits per heavy atom. The molecule has 16 heteroatoms. The Balaban J connectivity index is 0.825. The molecule has 2 aromatic carbocycles. The number of nitrogens with zero attached hydrogens (tertiary/aromatic N) is 8. The first-order valence-corrected chi connectivity index (χ1v) is 20.9. The number of hydrogen-bond acceptors (Lipinski definition) is 12. The zero-order valence-electron chi connectivity index (χ0n) is 34.3. The van der Waals surface area contributed by atoms with E-state index in [9.17, 15) is 19.2 Å². The molecule has 7 heterocycles. The van der Waals surface area contributed by atoms with E-state index in [-0.39, 0.29) is 30.7 Å². The van der Waals surface area contributed by atoms with Gasteiger partial charge in [-0.05, 0) is 74.1 Å². The Morgan fingerprint density at radius 3 is 2.62 bits per heavy atom. The molecule has 60 heavy (non-hydrogen) atoms. The number of rotatable bonds is 7. The summed E-state index contributed by atoms with van der Waals surface area (Å²) in [6, 6.07) is 14.8. The molecule has 5 aliphatic heterocycles. The number of guanidine groups is 1. The fraction of sp³-hybridized carbons (Fsp3) is 0.432. The third-order valence-electron chi connectivity index (χ3n) is 12.1. The Labute approximate surface area is 348 Å². The fourth-order valence-electron chi connectivity index (χ4n) is 8.85. The number of amides is 4. The van der Waals surface area contributed by atoms with Crippen LogP contribution in [0.2, 0.25) is 0 Å². The molecule has 2 N–H and O–H groups in total. The first-order valence-electron chi connectivity index (χ1n) is 20.9. The number of imide groups is 1. The molecule has 0 aliphatic carbocycles. The molecule has 2 atom stereocenters. The van der Waals surface area contributed by atoms with Crippen molar-refractivity contribution >= 4 is 41.0 Å². The smallest absolute Gasteiger partial charge is 0.280 e. The van der Waals surface area contributed by atoms with Gasteiger partial charge in [0, 0.05) is 81.7 Å². The molecule has 0 radical (unpaired) electrons. The van der Waals surface area contributed by atoms with Gasteiger partial charge in [-0.1, -0.05) is 19.1 Å². The van der Waals surface area contributed by atoms with Gasteiger partial charge < -0.3 is 24.6 Å². The third-order valence-corrected chi connectivity index (χ3v) is 12.1. The van der Waals surface area contributed by atoms with E-state index in [1.54, 1.807) is 34.0 Å². The number of nitrogens with one attached hydrogen (secondary N) is 2. The summed E-state index contributed by atoms with van der Waals surface area (Å²) in [7, 11) is 1.85. The molecule has 0 spiro atoms. The predicted octanol–water partition coefficient (Wildman–Crippen LogP) is 3.99. The molecular weight excluding hydrogens is 765 g/mol. The van der Waals surface area contributed by atoms with E-state index in [0.717, 1.165) is 74.6 Å². The van der Waals surface area contributed by atoms with Crippen molar-refractivity contribution in [1.29, 1.82) is 0 Å². The van der Waals surface area contributed by atoms with Gasteiger partial charge in [0.2, 0.25) is 23.7 Å². The molecule has 2 fully saturated rings. The summed E-state index contributed by atoms with van der Waals surface area (Å²) in [5.41, 5.74) is 6.99. The van der Waals surface area contributed by atoms with Crippen molar-refractivity contribution < 1.29 is 28.7 Å². The lowest BCUT2D eigenvalue weighted by Crippen LogP contribution is -2.52. The number of aryl methyl sites for hydroxylation is 2. The Kier molecular flexibility index (Phi) is 10.8. The second kappa shape index (κ2) is 16.5. The number of aliphatic imine (C=N–C) groups is 1. The quantitative estimate of drug-likeness (QED) is 0.258. The van der Waals surface area contributed by atoms with Crippen LogP contribution in [0.4, 0.5) is 11.4 Å². The number of anilines is 2. The second-order valence-corrected chi connectivity index (χ2v) is 16.4. The predicted molar refractivity (Wildman–Crippen MR) is 224 cm³/mol. The second-order valence-electron chi connectivity index (χ2n) is 16.4. The van der Waals surface area contributed by atoms with Gasteiger partial charge >= 0.3 is 0 Å². The van der Waals surface area contributed by atoms with Gasteiger partial charge in [-0.15, -0.1) is 0 Å². The van der Waals surface area contributed by atoms with Crippen molar-refractivity contribution in [2.24, 2.45) is 18.0 Å². The molecule has 4 aromatic rings. The van der Waals surface area contributed by atoms with Crippen LogP contribution in [0.25, 0.3) is 11.3 Å². The van der Waals surface area contributed by atoms with Gasteiger partial charge in [-0.2, -0.15) is 10.1 Å². The zero-order chi connectivity index (χ0) is 41.5. The van der Waals surface area contributed by atoms with Crippen molar-refractivity contribution in [2.45, 2.75) is 58.7 Å². The average molecular weight is 815 g/mol. The van der Waals surface area contributed by atoms with Gasteiger partial charge in [0.15, 0.2) is 0 Å². The number of carbonyl (C=O) groups excluding carboxylic acids is 4. The van der Waals surface area contributed by atoms with Crippen molar-refractivity contribution in [3.63, 3.8) is 0 Å². The highest BCUT2D eigenvalue weighted by Gasteiger charge is 2.40. The molecule has 16 nitrogen and oxygen atoms in total. The van der Waals surface area contributed by atoms with E-state index in [0.29, 0.717) is 72.2 Å². The third kappa shape index (κ3) is 7.96. The maximum atomic E-state index is 13.8. The summed E-state index contributed by atoms with van der Waals surface area (Å²) in [4.78, 5) is 69.2. The summed E-state index contributed by atoms with van der Waals surface area (Å²) >= 11 is 0. The van der Waals surface area contributed by atoms with E-state index >= 15 is 0 Å². The van der Waals surface area contributed by atoms with Crippen molar-refractivity contribution in [1.82, 2.24) is 34.8 Å². The summed E-state index contributed by atoms with van der Waals surface area (Å²) in [6.45, 7) is 11.2. The van der Waals surface area contributed by atoms with Crippen LogP contribution >= 0.6 is 0 Å². The van der Waals surface area contributed by atoms with Crippen LogP contribution < -0.4 is 25.0 Å². The Hall–Kier alpha value is -6.13. The number of pyridine rings is 1. The number of fused-ring (bicyclic) bond motifs is 8. The standard InChI is InChI=1S/C44H50N10O6/c1-27-6-5-18-60-43-32(23-45-50(43)3)35-22-30(20-28(2)46-35)40(56)49-44-47-34-10-9-29(21-37(34)54(44)24-27)25-52-15-13-51(14-16-52)17-19-59-38-8-4-7-31-33(38)26-53(42(31)58)36-11-12-39(55)48-41(36)57/h4,7-10,20-23,27,36H,5-6,11-19,24-26H2,1-3H3,(H,47,49,56)(H,48,55,57)/t27-,36?/m1/s1. The molecule has 1 unspecified atom stereocenters. The highest BCUT2D eigenvalue weighted by atomic mass is 16.5. The van der Waals surface area contributed by atoms with Gasteiger partial charge in [-0.3, -0.25) is 39.3 Å². The SMILES string of the molecule is Cc1cc2cc(n1)-c1cnn(C)c1OCCC[C@@H](C)CN1/C(=N/C2=O)Nc2ccc(CN3CCN(CCOc4cccc5c4CN(C4CCC(=O)NC4=O)C5=O)CC3)cc21. The lowest BCUT2D eigenvalue weighted by molar-refractivity contribution is -0.136. The molecule has 0 saturated carbocycles. The van der Waals surface area contributed by atoms with Crippen molar-refractivity contribution in [3.8, 4) is 22.9 Å². The van der Waals surface area contributed by atoms with E-state index in [1.807, 2.05) is 26.1 Å². The van der Waals surface area contributed by atoms with E-state index < -0.39 is 11.9 Å². The molecule has 2 bridgehead atoms. The fourth-order valence-corrected chi connectivity index (χ4v) is 8.85. The summed E-state index contributed by atoms with van der Waals surface area (Å²) in [5, 5.41) is 10.2. The van der Waals surface area contributed by atoms with E-state index in [4.69, 9.17) is 14.5 Å². The number of carbonyl (C=O) groups is 4. The van der Waals surface area contributed by atoms with Crippen LogP contribution in [0.5, 0.6) is 11.6 Å². The van der Waals surface area contributed by atoms with Crippen LogP contribution in [0, 0.1) is 12.8 Å². The van der Waals surface area contributed by atoms with Gasteiger partial charge in [0.05, 0.1) is 42.0 Å². The van der Waals surface area contributed by atoms with E-state index in [2.05, 4.69) is 60.5 Å². The minimum Gasteiger partial charge on any atom is -0.492 e. The molecule has 312 valence electrons. The maximum absolute atomic E-state index is 13.8. The van der Waals surface area contributed by atoms with Gasteiger partial charge in [0.25, 0.3) is 11.8 Å². The number of hydrogen-bond donors (Lipinski definition) is 2. The molecule has 4 amide bonds. The number of aromatic nitrogens is 3. The number of benzene rings is 2. The molecule has 2 aromatic heterocycles. The molecule has 9 rings (SSSR count). The van der Waals surface area contributed by atoms with Crippen LogP contribution in [0.1, 0.15) is 70.1 Å². The first kappa shape index (κ1) is 39.3. The van der Waals surface area contributed by atoms with Crippen LogP contribution in [-0.2, 0) is 29.7 Å². The van der Waals surface area contributed by atoms with Crippen LogP contribution in [-0.4, -0.2) is 118 Å². The highest BCUT2D eigenvalue weighted by Crippen LogP contribution is 2.37. The van der Waals surface area contributed by atoms with Crippen LogP contribution in [0.3, 0.4) is 0 Å². The minimum atomic E-state index is -0.659. The zero-order valence-corrected chi connectivity index (χ0v) is 34.3. The summed E-state index contributed by atoms with van der Waals surface area (Å²) in [6.07, 6.45) is 4.06. The molecule has 2 saturated heterocycles. The highest BCUT2D eigenvalue weighted by molar-refractivity contribution is 6.19. The molecular formula is C44H50N10O6. The summed E-state index contributed by atoms with van der Waals surface area (Å²) in [5.74, 6) is 0.830. The number of ether oxygens (including phenoxy) is 2. The van der Waals surface area contributed by atoms with Crippen molar-refractivity contribution in [3.05, 3.63) is 82.7 Å². The van der Waals surface area contributed by atoms with E-state index in [1.165, 1.54) is 5.56 Å². The lowest BCUT2D eigenvalue weighted by atomic mass is 10.0. The van der Waals surface area contributed by atoms with Gasteiger partial charge in [-0.25, -0.2) is 4.68 Å². The number of piperidine rings is 1. The first-order chi connectivity index (χ1) is 29.1. The maximum Gasteiger partial charge on any atom is 0.280 e. The molecule has 5 aliphatic rings. The number of piperazine rings is 1. The Morgan fingerprint density at radius 2 is 1.78 bits per heavy atom. The van der Waals surface area contributed by atoms with Crippen LogP contribution in [0.15, 0.2) is 59.7 Å². The van der Waals surface area contributed by atoms with Crippen molar-refractivity contribution in [2.75, 3.05) is 62.7 Å². The average Bonchev–Trinajstić information content (AvgIpc) is 3.88. The monoisotopic (exact) mass is 814 g/mol. The topological polar surface area (TPSA) is 167 Å². The lowest BCUT2D eigenvalue weighted by Gasteiger charge is -2.34. The normalized spacial score (nSPS) is 22.0. The Bertz CT molecular complexity index is 2390. The summed E-state index contributed by atoms with van der Waals surface area (Å²) < 4.78 is 14.2. The minimum absolute atomic E-state index is 0.206.